The molecule has 0 aliphatic rings. The van der Waals surface area contributed by atoms with Gasteiger partial charge < -0.3 is 4.74 Å². The molecule has 2 rings (SSSR count). The summed E-state index contributed by atoms with van der Waals surface area (Å²) >= 11 is 12.0. The number of sulfonamides is 1. The van der Waals surface area contributed by atoms with Gasteiger partial charge in [-0.2, -0.15) is 13.5 Å². The minimum atomic E-state index is -3.81. The lowest BCUT2D eigenvalue weighted by molar-refractivity contribution is -0.125. The van der Waals surface area contributed by atoms with Crippen LogP contribution in [0.1, 0.15) is 19.3 Å². The molecule has 1 unspecified atom stereocenters. The summed E-state index contributed by atoms with van der Waals surface area (Å²) in [6, 6.07) is 2.29. The van der Waals surface area contributed by atoms with Gasteiger partial charge >= 0.3 is 12.2 Å². The third-order valence-corrected chi connectivity index (χ3v) is 4.53. The fourth-order valence-electron chi connectivity index (χ4n) is 2.14. The van der Waals surface area contributed by atoms with E-state index in [9.17, 15) is 26.8 Å². The Kier molecular flexibility index (Phi) is 6.36. The Bertz CT molecular complexity index is 1080. The van der Waals surface area contributed by atoms with Crippen LogP contribution in [0.15, 0.2) is 16.9 Å². The second kappa shape index (κ2) is 8.05. The van der Waals surface area contributed by atoms with Gasteiger partial charge in [0.25, 0.3) is 5.91 Å². The molecule has 1 N–H and O–H groups in total. The standard InChI is InChI=1S/C14H14Cl2F2N4O5S/c1-6(12(23)20-28(3,25)26)27-11-5-10(8(15)4-9(11)16)22-14(24)21(13(17)18)7(2)19-22/h4-6,13H,1-3H3,(H,20,23). The van der Waals surface area contributed by atoms with Crippen molar-refractivity contribution in [3.63, 3.8) is 0 Å². The molecule has 0 fully saturated rings. The molecule has 0 spiro atoms. The fourth-order valence-corrected chi connectivity index (χ4v) is 3.18. The van der Waals surface area contributed by atoms with Crippen LogP contribution < -0.4 is 15.1 Å². The summed E-state index contributed by atoms with van der Waals surface area (Å²) in [5.41, 5.74) is -1.27. The molecule has 1 heterocycles. The van der Waals surface area contributed by atoms with Crippen LogP contribution in [0.25, 0.3) is 5.69 Å². The highest BCUT2D eigenvalue weighted by Gasteiger charge is 2.23. The first-order valence-corrected chi connectivity index (χ1v) is 10.1. The van der Waals surface area contributed by atoms with Gasteiger partial charge in [0.15, 0.2) is 6.10 Å². The maximum absolute atomic E-state index is 13.0. The maximum Gasteiger partial charge on any atom is 0.355 e. The van der Waals surface area contributed by atoms with Crippen molar-refractivity contribution in [3.8, 4) is 11.4 Å². The smallest absolute Gasteiger partial charge is 0.355 e. The summed E-state index contributed by atoms with van der Waals surface area (Å²) in [4.78, 5) is 24.0. The fraction of sp³-hybridized carbons (Fsp3) is 0.357. The van der Waals surface area contributed by atoms with Crippen LogP contribution in [0, 0.1) is 6.92 Å². The van der Waals surface area contributed by atoms with Gasteiger partial charge in [0, 0.05) is 6.07 Å². The van der Waals surface area contributed by atoms with Crippen LogP contribution in [0.2, 0.25) is 10.0 Å². The van der Waals surface area contributed by atoms with E-state index in [-0.39, 0.29) is 31.9 Å². The average molecular weight is 459 g/mol. The van der Waals surface area contributed by atoms with Crippen molar-refractivity contribution in [2.24, 2.45) is 0 Å². The quantitative estimate of drug-likeness (QED) is 0.706. The number of benzene rings is 1. The number of carbonyl (C=O) groups is 1. The molecule has 1 amide bonds. The number of aryl methyl sites for hydroxylation is 1. The highest BCUT2D eigenvalue weighted by molar-refractivity contribution is 7.89. The van der Waals surface area contributed by atoms with Crippen molar-refractivity contribution in [2.45, 2.75) is 26.5 Å². The summed E-state index contributed by atoms with van der Waals surface area (Å²) in [5.74, 6) is -1.37. The largest absolute Gasteiger partial charge is 0.479 e. The summed E-state index contributed by atoms with van der Waals surface area (Å²) < 4.78 is 56.1. The third-order valence-electron chi connectivity index (χ3n) is 3.36. The number of ether oxygens (including phenoxy) is 1. The summed E-state index contributed by atoms with van der Waals surface area (Å²) in [6.07, 6.45) is -0.502. The number of carbonyl (C=O) groups excluding carboxylic acids is 1. The van der Waals surface area contributed by atoms with Crippen molar-refractivity contribution in [3.05, 3.63) is 38.5 Å². The number of hydrogen-bond donors (Lipinski definition) is 1. The molecule has 0 saturated heterocycles. The van der Waals surface area contributed by atoms with Crippen LogP contribution in [0.3, 0.4) is 0 Å². The first-order valence-electron chi connectivity index (χ1n) is 7.46. The summed E-state index contributed by atoms with van der Waals surface area (Å²) in [6.45, 7) is -0.640. The molecular weight excluding hydrogens is 445 g/mol. The lowest BCUT2D eigenvalue weighted by atomic mass is 10.3. The zero-order valence-electron chi connectivity index (χ0n) is 14.6. The minimum absolute atomic E-state index is 0.0641. The molecule has 1 aromatic heterocycles. The van der Waals surface area contributed by atoms with Crippen molar-refractivity contribution >= 4 is 39.1 Å². The average Bonchev–Trinajstić information content (AvgIpc) is 2.82. The van der Waals surface area contributed by atoms with Crippen molar-refractivity contribution < 1.29 is 26.7 Å². The predicted octanol–water partition coefficient (Wildman–Crippen LogP) is 1.89. The molecule has 0 radical (unpaired) electrons. The Balaban J connectivity index is 2.45. The van der Waals surface area contributed by atoms with Gasteiger partial charge in [0.2, 0.25) is 10.0 Å². The second-order valence-electron chi connectivity index (χ2n) is 5.62. The van der Waals surface area contributed by atoms with Crippen molar-refractivity contribution in [2.75, 3.05) is 6.26 Å². The number of halogens is 4. The molecule has 2 aromatic rings. The van der Waals surface area contributed by atoms with Gasteiger partial charge in [-0.05, 0) is 19.9 Å². The molecule has 154 valence electrons. The molecule has 0 aliphatic heterocycles. The molecule has 0 saturated carbocycles. The second-order valence-corrected chi connectivity index (χ2v) is 8.18. The highest BCUT2D eigenvalue weighted by Crippen LogP contribution is 2.33. The topological polar surface area (TPSA) is 112 Å². The van der Waals surface area contributed by atoms with Crippen LogP contribution in [0.5, 0.6) is 5.75 Å². The Morgan fingerprint density at radius 2 is 1.89 bits per heavy atom. The summed E-state index contributed by atoms with van der Waals surface area (Å²) in [7, 11) is -3.81. The normalized spacial score (nSPS) is 12.9. The van der Waals surface area contributed by atoms with Crippen LogP contribution in [-0.2, 0) is 14.8 Å². The van der Waals surface area contributed by atoms with Gasteiger partial charge in [-0.1, -0.05) is 23.2 Å². The molecule has 9 nitrogen and oxygen atoms in total. The van der Waals surface area contributed by atoms with E-state index in [1.165, 1.54) is 13.8 Å². The van der Waals surface area contributed by atoms with E-state index in [0.717, 1.165) is 18.4 Å². The van der Waals surface area contributed by atoms with Gasteiger partial charge in [-0.25, -0.2) is 17.8 Å². The molecule has 1 aromatic carbocycles. The van der Waals surface area contributed by atoms with E-state index in [1.807, 2.05) is 0 Å². The first-order chi connectivity index (χ1) is 12.8. The van der Waals surface area contributed by atoms with E-state index >= 15 is 0 Å². The van der Waals surface area contributed by atoms with Gasteiger partial charge in [0.05, 0.1) is 22.0 Å². The van der Waals surface area contributed by atoms with Crippen molar-refractivity contribution in [1.29, 1.82) is 0 Å². The Morgan fingerprint density at radius 1 is 1.29 bits per heavy atom. The van der Waals surface area contributed by atoms with Gasteiger partial charge in [0.1, 0.15) is 11.6 Å². The van der Waals surface area contributed by atoms with Gasteiger partial charge in [-0.3, -0.25) is 9.52 Å². The highest BCUT2D eigenvalue weighted by atomic mass is 35.5. The molecule has 0 bridgehead atoms. The lowest BCUT2D eigenvalue weighted by Crippen LogP contribution is -2.39. The summed E-state index contributed by atoms with van der Waals surface area (Å²) in [5, 5.41) is 3.59. The predicted molar refractivity (Wildman–Crippen MR) is 96.9 cm³/mol. The van der Waals surface area contributed by atoms with Crippen LogP contribution in [0.4, 0.5) is 8.78 Å². The minimum Gasteiger partial charge on any atom is -0.479 e. The Labute approximate surface area is 167 Å². The van der Waals surface area contributed by atoms with Crippen LogP contribution in [-0.4, -0.2) is 41.0 Å². The molecule has 0 aliphatic carbocycles. The molecule has 14 heteroatoms. The Hall–Kier alpha value is -2.18. The number of nitrogens with zero attached hydrogens (tertiary/aromatic N) is 3. The lowest BCUT2D eigenvalue weighted by Gasteiger charge is -2.16. The van der Waals surface area contributed by atoms with Crippen LogP contribution >= 0.6 is 23.2 Å². The molecule has 1 atom stereocenters. The number of amides is 1. The number of aromatic nitrogens is 3. The zero-order valence-corrected chi connectivity index (χ0v) is 16.9. The van der Waals surface area contributed by atoms with E-state index in [4.69, 9.17) is 27.9 Å². The maximum atomic E-state index is 13.0. The molecule has 28 heavy (non-hydrogen) atoms. The monoisotopic (exact) mass is 458 g/mol. The number of nitrogens with one attached hydrogen (secondary N) is 1. The number of alkyl halides is 2. The van der Waals surface area contributed by atoms with Gasteiger partial charge in [-0.15, -0.1) is 5.10 Å². The number of rotatable bonds is 6. The van der Waals surface area contributed by atoms with Crippen molar-refractivity contribution in [1.82, 2.24) is 19.1 Å². The van der Waals surface area contributed by atoms with E-state index in [2.05, 4.69) is 5.10 Å². The first kappa shape index (κ1) is 22.1. The van der Waals surface area contributed by atoms with E-state index in [1.54, 1.807) is 4.72 Å². The zero-order chi connectivity index (χ0) is 21.4. The van der Waals surface area contributed by atoms with E-state index < -0.39 is 34.3 Å². The number of hydrogen-bond acceptors (Lipinski definition) is 6. The van der Waals surface area contributed by atoms with E-state index in [0.29, 0.717) is 4.68 Å². The molecular formula is C14H14Cl2F2N4O5S. The SMILES string of the molecule is Cc1nn(-c2cc(OC(C)C(=O)NS(C)(=O)=O)c(Cl)cc2Cl)c(=O)n1C(F)F. The Morgan fingerprint density at radius 3 is 2.39 bits per heavy atom. The third kappa shape index (κ3) is 4.80.